The van der Waals surface area contributed by atoms with Crippen LogP contribution in [0.4, 0.5) is 5.69 Å². The van der Waals surface area contributed by atoms with Crippen LogP contribution in [0.1, 0.15) is 23.6 Å². The van der Waals surface area contributed by atoms with Crippen LogP contribution in [0.15, 0.2) is 76.1 Å². The first kappa shape index (κ1) is 23.0. The van der Waals surface area contributed by atoms with Crippen LogP contribution in [0.3, 0.4) is 0 Å². The van der Waals surface area contributed by atoms with E-state index < -0.39 is 22.5 Å². The highest BCUT2D eigenvalue weighted by Crippen LogP contribution is 2.28. The molecule has 0 radical (unpaired) electrons. The van der Waals surface area contributed by atoms with Crippen molar-refractivity contribution >= 4 is 37.5 Å². The first-order chi connectivity index (χ1) is 14.7. The van der Waals surface area contributed by atoms with E-state index in [0.717, 1.165) is 27.4 Å². The zero-order chi connectivity index (χ0) is 22.6. The van der Waals surface area contributed by atoms with Gasteiger partial charge in [-0.15, -0.1) is 0 Å². The Labute approximate surface area is 191 Å². The lowest BCUT2D eigenvalue weighted by Gasteiger charge is -2.23. The predicted molar refractivity (Wildman–Crippen MR) is 126 cm³/mol. The van der Waals surface area contributed by atoms with Gasteiger partial charge in [0.15, 0.2) is 6.61 Å². The Morgan fingerprint density at radius 1 is 0.935 bits per heavy atom. The number of carbonyl (C=O) groups is 1. The molecule has 0 aliphatic heterocycles. The summed E-state index contributed by atoms with van der Waals surface area (Å²) in [6.45, 7) is 5.38. The van der Waals surface area contributed by atoms with Crippen LogP contribution in [0.5, 0.6) is 5.75 Å². The van der Waals surface area contributed by atoms with Crippen LogP contribution in [-0.4, -0.2) is 20.9 Å². The third-order valence-electron chi connectivity index (χ3n) is 4.81. The first-order valence-electron chi connectivity index (χ1n) is 9.85. The van der Waals surface area contributed by atoms with E-state index in [1.807, 2.05) is 32.9 Å². The van der Waals surface area contributed by atoms with Gasteiger partial charge in [0.1, 0.15) is 5.75 Å². The maximum absolute atomic E-state index is 13.4. The van der Waals surface area contributed by atoms with Gasteiger partial charge < -0.3 is 4.74 Å². The van der Waals surface area contributed by atoms with Gasteiger partial charge in [-0.25, -0.2) is 8.42 Å². The molecule has 0 aliphatic rings. The number of anilines is 1. The van der Waals surface area contributed by atoms with Crippen LogP contribution in [0.2, 0.25) is 0 Å². The quantitative estimate of drug-likeness (QED) is 0.432. The summed E-state index contributed by atoms with van der Waals surface area (Å²) in [6.07, 6.45) is 0.869. The maximum Gasteiger partial charge on any atom is 0.278 e. The molecular weight excluding hydrogens is 478 g/mol. The molecule has 1 amide bonds. The standard InChI is InChI=1S/C24H24BrNO4S/c1-4-19-9-14-23(22(25)15-19)30-16-24(27)26(20-10-5-17(2)6-11-20)31(28,29)21-12-7-18(3)8-13-21/h5-15H,4,16H2,1-3H3. The van der Waals surface area contributed by atoms with Crippen molar-refractivity contribution in [2.45, 2.75) is 32.1 Å². The molecule has 0 fully saturated rings. The van der Waals surface area contributed by atoms with E-state index in [9.17, 15) is 13.2 Å². The molecule has 0 aromatic heterocycles. The highest BCUT2D eigenvalue weighted by Gasteiger charge is 2.31. The molecule has 3 aromatic carbocycles. The summed E-state index contributed by atoms with van der Waals surface area (Å²) in [5, 5.41) is 0. The Balaban J connectivity index is 1.93. The summed E-state index contributed by atoms with van der Waals surface area (Å²) >= 11 is 3.44. The van der Waals surface area contributed by atoms with Gasteiger partial charge in [-0.3, -0.25) is 4.79 Å². The summed E-state index contributed by atoms with van der Waals surface area (Å²) in [4.78, 5) is 13.2. The lowest BCUT2D eigenvalue weighted by atomic mass is 10.2. The third-order valence-corrected chi connectivity index (χ3v) is 7.19. The van der Waals surface area contributed by atoms with Crippen molar-refractivity contribution < 1.29 is 17.9 Å². The first-order valence-corrected chi connectivity index (χ1v) is 12.1. The molecule has 0 N–H and O–H groups in total. The summed E-state index contributed by atoms with van der Waals surface area (Å²) in [5.41, 5.74) is 3.27. The van der Waals surface area contributed by atoms with E-state index in [4.69, 9.17) is 4.74 Å². The molecule has 0 spiro atoms. The number of halogens is 1. The second-order valence-electron chi connectivity index (χ2n) is 7.22. The number of hydrogen-bond acceptors (Lipinski definition) is 4. The Kier molecular flexibility index (Phi) is 7.18. The molecule has 0 saturated carbocycles. The van der Waals surface area contributed by atoms with Crippen molar-refractivity contribution in [3.8, 4) is 5.75 Å². The van der Waals surface area contributed by atoms with Gasteiger partial charge >= 0.3 is 0 Å². The van der Waals surface area contributed by atoms with Gasteiger partial charge in [-0.05, 0) is 78.2 Å². The summed E-state index contributed by atoms with van der Waals surface area (Å²) in [7, 11) is -4.12. The van der Waals surface area contributed by atoms with E-state index >= 15 is 0 Å². The lowest BCUT2D eigenvalue weighted by molar-refractivity contribution is -0.119. The fourth-order valence-corrected chi connectivity index (χ4v) is 4.94. The molecule has 0 bridgehead atoms. The molecule has 3 rings (SSSR count). The fourth-order valence-electron chi connectivity index (χ4n) is 2.99. The number of rotatable bonds is 7. The van der Waals surface area contributed by atoms with E-state index in [-0.39, 0.29) is 10.6 Å². The summed E-state index contributed by atoms with van der Waals surface area (Å²) in [5.74, 6) is -0.210. The van der Waals surface area contributed by atoms with Crippen molar-refractivity contribution in [2.75, 3.05) is 10.9 Å². The van der Waals surface area contributed by atoms with Gasteiger partial charge in [-0.1, -0.05) is 48.4 Å². The Hall–Kier alpha value is -2.64. The number of aryl methyl sites for hydroxylation is 3. The third kappa shape index (κ3) is 5.35. The van der Waals surface area contributed by atoms with Crippen LogP contribution in [0.25, 0.3) is 0 Å². The average Bonchev–Trinajstić information content (AvgIpc) is 2.74. The smallest absolute Gasteiger partial charge is 0.278 e. The van der Waals surface area contributed by atoms with Crippen LogP contribution < -0.4 is 9.04 Å². The zero-order valence-electron chi connectivity index (χ0n) is 17.6. The largest absolute Gasteiger partial charge is 0.483 e. The molecule has 0 atom stereocenters. The molecule has 162 valence electrons. The lowest BCUT2D eigenvalue weighted by Crippen LogP contribution is -2.40. The van der Waals surface area contributed by atoms with Gasteiger partial charge in [0.25, 0.3) is 15.9 Å². The molecule has 0 unspecified atom stereocenters. The van der Waals surface area contributed by atoms with Crippen molar-refractivity contribution in [2.24, 2.45) is 0 Å². The van der Waals surface area contributed by atoms with Crippen molar-refractivity contribution in [1.29, 1.82) is 0 Å². The predicted octanol–water partition coefficient (Wildman–Crippen LogP) is 5.43. The normalized spacial score (nSPS) is 11.2. The van der Waals surface area contributed by atoms with E-state index in [0.29, 0.717) is 10.2 Å². The Morgan fingerprint density at radius 2 is 1.52 bits per heavy atom. The maximum atomic E-state index is 13.4. The van der Waals surface area contributed by atoms with Gasteiger partial charge in [0.05, 0.1) is 15.1 Å². The minimum absolute atomic E-state index is 0.0421. The monoisotopic (exact) mass is 501 g/mol. The fraction of sp³-hybridized carbons (Fsp3) is 0.208. The molecule has 7 heteroatoms. The molecule has 3 aromatic rings. The number of ether oxygens (including phenoxy) is 1. The topological polar surface area (TPSA) is 63.7 Å². The number of amides is 1. The number of hydrogen-bond donors (Lipinski definition) is 0. The molecular formula is C24H24BrNO4S. The Bertz CT molecular complexity index is 1170. The van der Waals surface area contributed by atoms with Crippen LogP contribution in [-0.2, 0) is 21.2 Å². The number of sulfonamides is 1. The second kappa shape index (κ2) is 9.66. The molecule has 0 aliphatic carbocycles. The molecule has 5 nitrogen and oxygen atoms in total. The van der Waals surface area contributed by atoms with Crippen molar-refractivity contribution in [3.05, 3.63) is 87.9 Å². The van der Waals surface area contributed by atoms with Gasteiger partial charge in [-0.2, -0.15) is 4.31 Å². The minimum Gasteiger partial charge on any atom is -0.483 e. The van der Waals surface area contributed by atoms with E-state index in [1.54, 1.807) is 42.5 Å². The van der Waals surface area contributed by atoms with Gasteiger partial charge in [0, 0.05) is 0 Å². The van der Waals surface area contributed by atoms with Crippen LogP contribution >= 0.6 is 15.9 Å². The highest BCUT2D eigenvalue weighted by atomic mass is 79.9. The van der Waals surface area contributed by atoms with E-state index in [1.165, 1.54) is 12.1 Å². The second-order valence-corrected chi connectivity index (χ2v) is 9.86. The zero-order valence-corrected chi connectivity index (χ0v) is 20.0. The van der Waals surface area contributed by atoms with Crippen LogP contribution in [0, 0.1) is 13.8 Å². The highest BCUT2D eigenvalue weighted by molar-refractivity contribution is 9.10. The van der Waals surface area contributed by atoms with Crippen molar-refractivity contribution in [1.82, 2.24) is 0 Å². The van der Waals surface area contributed by atoms with Gasteiger partial charge in [0.2, 0.25) is 0 Å². The molecule has 0 saturated heterocycles. The van der Waals surface area contributed by atoms with E-state index in [2.05, 4.69) is 15.9 Å². The molecule has 0 heterocycles. The summed E-state index contributed by atoms with van der Waals surface area (Å²) in [6, 6.07) is 18.8. The summed E-state index contributed by atoms with van der Waals surface area (Å²) < 4.78 is 33.9. The number of nitrogens with zero attached hydrogens (tertiary/aromatic N) is 1. The Morgan fingerprint density at radius 3 is 2.06 bits per heavy atom. The number of carbonyl (C=O) groups excluding carboxylic acids is 1. The average molecular weight is 502 g/mol. The molecule has 31 heavy (non-hydrogen) atoms. The van der Waals surface area contributed by atoms with Crippen molar-refractivity contribution in [3.63, 3.8) is 0 Å². The SMILES string of the molecule is CCc1ccc(OCC(=O)N(c2ccc(C)cc2)S(=O)(=O)c2ccc(C)cc2)c(Br)c1. The minimum atomic E-state index is -4.12. The number of benzene rings is 3.